The van der Waals surface area contributed by atoms with Crippen LogP contribution < -0.4 is 9.64 Å². The lowest BCUT2D eigenvalue weighted by molar-refractivity contribution is -0.142. The molecule has 44 heavy (non-hydrogen) atoms. The monoisotopic (exact) mass is 638 g/mol. The number of ether oxygens (including phenoxy) is 2. The standard InChI is InChI=1S/C33H40Cl2N6O3/c1-39-11-7-33(21-39)6-3-8-41(22-33)32-36-18-28(19-37-32)44-30-13-24(12-29(38-30)25-15-26(34)17-27(35)16-25)20-40-9-4-23(5-10-40)14-31(42)43-2/h12-13,15-19,23H,3-11,14,20-22H2,1-2H3/t33-/m0/s1. The van der Waals surface area contributed by atoms with Crippen LogP contribution in [0.2, 0.25) is 10.0 Å². The molecule has 0 unspecified atom stereocenters. The van der Waals surface area contributed by atoms with Gasteiger partial charge in [-0.15, -0.1) is 0 Å². The second-order valence-corrected chi connectivity index (χ2v) is 13.6. The van der Waals surface area contributed by atoms with Gasteiger partial charge in [-0.1, -0.05) is 23.2 Å². The van der Waals surface area contributed by atoms with Crippen LogP contribution in [0.4, 0.5) is 5.95 Å². The van der Waals surface area contributed by atoms with E-state index in [0.717, 1.165) is 87.8 Å². The summed E-state index contributed by atoms with van der Waals surface area (Å²) in [6.45, 7) is 6.80. The molecule has 1 aromatic carbocycles. The van der Waals surface area contributed by atoms with Gasteiger partial charge in [0, 0.05) is 59.7 Å². The third-order valence-corrected chi connectivity index (χ3v) is 9.66. The topological polar surface area (TPSA) is 83.9 Å². The van der Waals surface area contributed by atoms with E-state index < -0.39 is 0 Å². The first-order valence-corrected chi connectivity index (χ1v) is 16.2. The zero-order valence-corrected chi connectivity index (χ0v) is 27.0. The number of hydrogen-bond acceptors (Lipinski definition) is 9. The number of hydrogen-bond donors (Lipinski definition) is 0. The molecule has 0 saturated carbocycles. The minimum atomic E-state index is -0.136. The predicted molar refractivity (Wildman–Crippen MR) is 172 cm³/mol. The number of likely N-dealkylation sites (tertiary alicyclic amines) is 2. The molecule has 9 nitrogen and oxygen atoms in total. The number of methoxy groups -OCH3 is 1. The first kappa shape index (κ1) is 31.0. The van der Waals surface area contributed by atoms with E-state index in [1.807, 2.05) is 18.2 Å². The summed E-state index contributed by atoms with van der Waals surface area (Å²) in [5, 5.41) is 1.09. The molecule has 0 radical (unpaired) electrons. The van der Waals surface area contributed by atoms with Crippen LogP contribution in [0, 0.1) is 11.3 Å². The van der Waals surface area contributed by atoms with Crippen LogP contribution >= 0.6 is 23.2 Å². The lowest BCUT2D eigenvalue weighted by Crippen LogP contribution is -2.45. The summed E-state index contributed by atoms with van der Waals surface area (Å²) in [6.07, 6.45) is 9.52. The van der Waals surface area contributed by atoms with Crippen LogP contribution in [-0.4, -0.2) is 84.1 Å². The molecule has 3 aliphatic rings. The van der Waals surface area contributed by atoms with Crippen molar-refractivity contribution >= 4 is 35.1 Å². The molecule has 234 valence electrons. The maximum Gasteiger partial charge on any atom is 0.305 e. The number of carbonyl (C=O) groups excluding carboxylic acids is 1. The number of piperidine rings is 2. The highest BCUT2D eigenvalue weighted by molar-refractivity contribution is 6.35. The smallest absolute Gasteiger partial charge is 0.305 e. The molecular weight excluding hydrogens is 599 g/mol. The summed E-state index contributed by atoms with van der Waals surface area (Å²) in [5.41, 5.74) is 2.94. The average molecular weight is 640 g/mol. The van der Waals surface area contributed by atoms with Crippen LogP contribution in [0.5, 0.6) is 11.6 Å². The Morgan fingerprint density at radius 2 is 1.73 bits per heavy atom. The summed E-state index contributed by atoms with van der Waals surface area (Å²) < 4.78 is 11.1. The number of halogens is 2. The van der Waals surface area contributed by atoms with Gasteiger partial charge in [0.25, 0.3) is 0 Å². The SMILES string of the molecule is COC(=O)CC1CCN(Cc2cc(Oc3cnc(N4CCC[C@@]5(CCN(C)C5)C4)nc3)nc(-c3cc(Cl)cc(Cl)c3)c2)CC1. The molecule has 6 rings (SSSR count). The van der Waals surface area contributed by atoms with Gasteiger partial charge < -0.3 is 19.3 Å². The third-order valence-electron chi connectivity index (χ3n) is 9.23. The van der Waals surface area contributed by atoms with Crippen molar-refractivity contribution in [3.63, 3.8) is 0 Å². The lowest BCUT2D eigenvalue weighted by atomic mass is 9.79. The Hall–Kier alpha value is -2.98. The summed E-state index contributed by atoms with van der Waals surface area (Å²) >= 11 is 12.7. The van der Waals surface area contributed by atoms with E-state index >= 15 is 0 Å². The Kier molecular flexibility index (Phi) is 9.56. The molecule has 0 bridgehead atoms. The number of benzene rings is 1. The van der Waals surface area contributed by atoms with Gasteiger partial charge in [0.1, 0.15) is 0 Å². The van der Waals surface area contributed by atoms with Gasteiger partial charge in [0.2, 0.25) is 11.8 Å². The van der Waals surface area contributed by atoms with E-state index in [1.165, 1.54) is 20.0 Å². The van der Waals surface area contributed by atoms with E-state index in [4.69, 9.17) is 47.6 Å². The first-order valence-electron chi connectivity index (χ1n) is 15.5. The lowest BCUT2D eigenvalue weighted by Gasteiger charge is -2.40. The Bertz CT molecular complexity index is 1440. The van der Waals surface area contributed by atoms with Crippen molar-refractivity contribution in [3.8, 4) is 22.9 Å². The highest BCUT2D eigenvalue weighted by Gasteiger charge is 2.40. The number of pyridine rings is 1. The van der Waals surface area contributed by atoms with Gasteiger partial charge in [-0.25, -0.2) is 15.0 Å². The molecule has 2 aromatic heterocycles. The Morgan fingerprint density at radius 3 is 2.41 bits per heavy atom. The summed E-state index contributed by atoms with van der Waals surface area (Å²) in [5.74, 6) is 1.96. The Morgan fingerprint density at radius 1 is 0.977 bits per heavy atom. The van der Waals surface area contributed by atoms with Crippen LogP contribution in [0.15, 0.2) is 42.7 Å². The number of nitrogens with zero attached hydrogens (tertiary/aromatic N) is 6. The second kappa shape index (κ2) is 13.6. The fourth-order valence-electron chi connectivity index (χ4n) is 6.99. The van der Waals surface area contributed by atoms with Gasteiger partial charge >= 0.3 is 5.97 Å². The summed E-state index contributed by atoms with van der Waals surface area (Å²) in [4.78, 5) is 33.1. The normalized spacial score (nSPS) is 21.6. The minimum Gasteiger partial charge on any atom is -0.469 e. The summed E-state index contributed by atoms with van der Waals surface area (Å²) in [7, 11) is 3.66. The number of aromatic nitrogens is 3. The van der Waals surface area contributed by atoms with E-state index in [1.54, 1.807) is 18.5 Å². The van der Waals surface area contributed by atoms with Crippen molar-refractivity contribution in [3.05, 3.63) is 58.3 Å². The van der Waals surface area contributed by atoms with Gasteiger partial charge in [-0.05, 0) is 94.5 Å². The fourth-order valence-corrected chi connectivity index (χ4v) is 7.52. The summed E-state index contributed by atoms with van der Waals surface area (Å²) in [6, 6.07) is 9.44. The van der Waals surface area contributed by atoms with Crippen molar-refractivity contribution < 1.29 is 14.3 Å². The van der Waals surface area contributed by atoms with Crippen molar-refractivity contribution in [2.75, 3.05) is 58.3 Å². The Labute approximate surface area is 269 Å². The van der Waals surface area contributed by atoms with Crippen molar-refractivity contribution in [2.45, 2.75) is 45.1 Å². The molecule has 3 fully saturated rings. The van der Waals surface area contributed by atoms with Gasteiger partial charge in [-0.2, -0.15) is 0 Å². The molecule has 3 saturated heterocycles. The van der Waals surface area contributed by atoms with Crippen LogP contribution in [0.3, 0.4) is 0 Å². The number of esters is 1. The third kappa shape index (κ3) is 7.62. The van der Waals surface area contributed by atoms with E-state index in [-0.39, 0.29) is 5.97 Å². The molecule has 1 spiro atoms. The maximum absolute atomic E-state index is 11.7. The highest BCUT2D eigenvalue weighted by Crippen LogP contribution is 2.39. The van der Waals surface area contributed by atoms with Crippen LogP contribution in [0.1, 0.15) is 44.1 Å². The van der Waals surface area contributed by atoms with Crippen molar-refractivity contribution in [1.82, 2.24) is 24.8 Å². The fraction of sp³-hybridized carbons (Fsp3) is 0.515. The van der Waals surface area contributed by atoms with Crippen LogP contribution in [0.25, 0.3) is 11.3 Å². The molecule has 0 N–H and O–H groups in total. The zero-order valence-electron chi connectivity index (χ0n) is 25.5. The Balaban J connectivity index is 1.18. The van der Waals surface area contributed by atoms with Crippen LogP contribution in [-0.2, 0) is 16.1 Å². The highest BCUT2D eigenvalue weighted by atomic mass is 35.5. The largest absolute Gasteiger partial charge is 0.469 e. The number of rotatable bonds is 8. The number of anilines is 1. The molecule has 11 heteroatoms. The average Bonchev–Trinajstić information content (AvgIpc) is 3.36. The first-order chi connectivity index (χ1) is 21.3. The quantitative estimate of drug-likeness (QED) is 0.263. The van der Waals surface area contributed by atoms with E-state index in [9.17, 15) is 4.79 Å². The van der Waals surface area contributed by atoms with E-state index in [0.29, 0.717) is 39.4 Å². The van der Waals surface area contributed by atoms with E-state index in [2.05, 4.69) is 27.8 Å². The maximum atomic E-state index is 11.7. The minimum absolute atomic E-state index is 0.136. The zero-order chi connectivity index (χ0) is 30.7. The molecule has 3 aliphatic heterocycles. The van der Waals surface area contributed by atoms with Crippen molar-refractivity contribution in [1.29, 1.82) is 0 Å². The number of carbonyl (C=O) groups is 1. The van der Waals surface area contributed by atoms with Gasteiger partial charge in [-0.3, -0.25) is 9.69 Å². The molecule has 5 heterocycles. The molecular formula is C33H40Cl2N6O3. The van der Waals surface area contributed by atoms with Crippen molar-refractivity contribution in [2.24, 2.45) is 11.3 Å². The molecule has 1 atom stereocenters. The molecule has 3 aromatic rings. The van der Waals surface area contributed by atoms with Gasteiger partial charge in [0.15, 0.2) is 5.75 Å². The molecule has 0 aliphatic carbocycles. The predicted octanol–water partition coefficient (Wildman–Crippen LogP) is 6.33. The molecule has 0 amide bonds. The van der Waals surface area contributed by atoms with Gasteiger partial charge in [0.05, 0.1) is 25.2 Å². The second-order valence-electron chi connectivity index (χ2n) is 12.7.